The second kappa shape index (κ2) is 5.96. The molecule has 0 radical (unpaired) electrons. The molecule has 2 aromatic heterocycles. The molecule has 0 bridgehead atoms. The van der Waals surface area contributed by atoms with Crippen molar-refractivity contribution in [3.63, 3.8) is 0 Å². The van der Waals surface area contributed by atoms with Gasteiger partial charge in [0.2, 0.25) is 0 Å². The Morgan fingerprint density at radius 1 is 1.35 bits per heavy atom. The molecule has 1 aromatic carbocycles. The van der Waals surface area contributed by atoms with Crippen molar-refractivity contribution in [3.8, 4) is 22.7 Å². The first-order valence-corrected chi connectivity index (χ1v) is 7.25. The molecule has 3 aromatic rings. The Labute approximate surface area is 134 Å². The zero-order chi connectivity index (χ0) is 16.4. The van der Waals surface area contributed by atoms with E-state index in [-0.39, 0.29) is 0 Å². The van der Waals surface area contributed by atoms with Gasteiger partial charge in [-0.05, 0) is 13.0 Å². The van der Waals surface area contributed by atoms with Crippen LogP contribution in [0.2, 0.25) is 0 Å². The summed E-state index contributed by atoms with van der Waals surface area (Å²) in [7, 11) is 0. The van der Waals surface area contributed by atoms with Crippen LogP contribution in [0.3, 0.4) is 0 Å². The number of hydrogen-bond donors (Lipinski definition) is 1. The summed E-state index contributed by atoms with van der Waals surface area (Å²) in [6.07, 6.45) is 1.76. The van der Waals surface area contributed by atoms with E-state index < -0.39 is 5.91 Å². The molecule has 1 amide bonds. The lowest BCUT2D eigenvalue weighted by Gasteiger charge is -2.06. The highest BCUT2D eigenvalue weighted by Crippen LogP contribution is 2.29. The molecule has 0 aliphatic rings. The number of amides is 1. The molecule has 0 spiro atoms. The predicted molar refractivity (Wildman–Crippen MR) is 88.8 cm³/mol. The maximum Gasteiger partial charge on any atom is 0.250 e. The van der Waals surface area contributed by atoms with Gasteiger partial charge in [0.15, 0.2) is 5.76 Å². The van der Waals surface area contributed by atoms with E-state index >= 15 is 0 Å². The number of primary amides is 1. The van der Waals surface area contributed by atoms with Crippen molar-refractivity contribution in [2.75, 3.05) is 0 Å². The van der Waals surface area contributed by atoms with E-state index in [0.29, 0.717) is 23.6 Å². The molecule has 23 heavy (non-hydrogen) atoms. The fourth-order valence-corrected chi connectivity index (χ4v) is 2.61. The number of hydrogen-bond acceptors (Lipinski definition) is 3. The van der Waals surface area contributed by atoms with Gasteiger partial charge in [-0.15, -0.1) is 6.58 Å². The molecule has 0 saturated carbocycles. The molecular formula is C18H17N3O2. The third-order valence-corrected chi connectivity index (χ3v) is 3.77. The Kier molecular flexibility index (Phi) is 3.85. The van der Waals surface area contributed by atoms with Gasteiger partial charge in [0.25, 0.3) is 5.91 Å². The van der Waals surface area contributed by atoms with Crippen molar-refractivity contribution in [1.82, 2.24) is 9.72 Å². The van der Waals surface area contributed by atoms with Gasteiger partial charge in [0.05, 0.1) is 11.3 Å². The smallest absolute Gasteiger partial charge is 0.250 e. The molecule has 0 fully saturated rings. The third kappa shape index (κ3) is 2.68. The second-order valence-electron chi connectivity index (χ2n) is 5.23. The Morgan fingerprint density at radius 3 is 2.74 bits per heavy atom. The lowest BCUT2D eigenvalue weighted by atomic mass is 10.1. The number of carbonyl (C=O) groups excluding carboxylic acids is 1. The predicted octanol–water partition coefficient (Wildman–Crippen LogP) is 3.40. The van der Waals surface area contributed by atoms with E-state index in [0.717, 1.165) is 17.0 Å². The summed E-state index contributed by atoms with van der Waals surface area (Å²) in [4.78, 5) is 11.6. The van der Waals surface area contributed by atoms with Gasteiger partial charge in [-0.1, -0.05) is 41.6 Å². The lowest BCUT2D eigenvalue weighted by Crippen LogP contribution is -2.12. The zero-order valence-corrected chi connectivity index (χ0v) is 12.8. The maximum absolute atomic E-state index is 11.6. The highest BCUT2D eigenvalue weighted by molar-refractivity contribution is 5.95. The number of rotatable bonds is 5. The summed E-state index contributed by atoms with van der Waals surface area (Å²) in [5.74, 6) is 0.212. The molecule has 0 atom stereocenters. The molecule has 0 aliphatic heterocycles. The van der Waals surface area contributed by atoms with Crippen molar-refractivity contribution >= 4 is 5.91 Å². The second-order valence-corrected chi connectivity index (χ2v) is 5.23. The fourth-order valence-electron chi connectivity index (χ4n) is 2.61. The van der Waals surface area contributed by atoms with Crippen LogP contribution in [0.4, 0.5) is 0 Å². The van der Waals surface area contributed by atoms with Gasteiger partial charge < -0.3 is 14.8 Å². The molecule has 116 valence electrons. The van der Waals surface area contributed by atoms with Gasteiger partial charge in [0.1, 0.15) is 5.69 Å². The minimum absolute atomic E-state index is 0.460. The Hall–Kier alpha value is -3.08. The summed E-state index contributed by atoms with van der Waals surface area (Å²) in [6, 6.07) is 13.3. The van der Waals surface area contributed by atoms with E-state index in [1.165, 1.54) is 0 Å². The maximum atomic E-state index is 11.6. The SMILES string of the molecule is C=CCn1c(-c2cc(-c3ccccc3)on2)cc(C(N)=O)c1C. The largest absolute Gasteiger partial charge is 0.366 e. The standard InChI is InChI=1S/C18H17N3O2/c1-3-9-21-12(2)14(18(19)22)10-16(21)15-11-17(23-20-15)13-7-5-4-6-8-13/h3-8,10-11H,1,9H2,2H3,(H2,19,22). The van der Waals surface area contributed by atoms with E-state index in [1.807, 2.05) is 47.9 Å². The van der Waals surface area contributed by atoms with Crippen LogP contribution >= 0.6 is 0 Å². The number of carbonyl (C=O) groups is 1. The summed E-state index contributed by atoms with van der Waals surface area (Å²) in [5, 5.41) is 4.14. The van der Waals surface area contributed by atoms with Gasteiger partial charge in [-0.3, -0.25) is 4.79 Å². The van der Waals surface area contributed by atoms with E-state index in [4.69, 9.17) is 10.3 Å². The average Bonchev–Trinajstić information content (AvgIpc) is 3.15. The number of nitrogens with zero attached hydrogens (tertiary/aromatic N) is 2. The van der Waals surface area contributed by atoms with Crippen molar-refractivity contribution in [2.24, 2.45) is 5.73 Å². The van der Waals surface area contributed by atoms with Gasteiger partial charge in [-0.2, -0.15) is 0 Å². The van der Waals surface area contributed by atoms with Gasteiger partial charge >= 0.3 is 0 Å². The van der Waals surface area contributed by atoms with Crippen LogP contribution in [-0.2, 0) is 6.54 Å². The first kappa shape index (κ1) is 14.8. The highest BCUT2D eigenvalue weighted by Gasteiger charge is 2.19. The number of aromatic nitrogens is 2. The molecule has 5 heteroatoms. The Morgan fingerprint density at radius 2 is 2.09 bits per heavy atom. The normalized spacial score (nSPS) is 10.7. The van der Waals surface area contributed by atoms with E-state index in [9.17, 15) is 4.79 Å². The van der Waals surface area contributed by atoms with E-state index in [1.54, 1.807) is 12.1 Å². The molecule has 3 rings (SSSR count). The van der Waals surface area contributed by atoms with Crippen LogP contribution in [0, 0.1) is 6.92 Å². The Balaban J connectivity index is 2.08. The number of benzene rings is 1. The summed E-state index contributed by atoms with van der Waals surface area (Å²) < 4.78 is 7.39. The fraction of sp³-hybridized carbons (Fsp3) is 0.111. The minimum Gasteiger partial charge on any atom is -0.366 e. The summed E-state index contributed by atoms with van der Waals surface area (Å²) in [5.41, 5.74) is 9.09. The molecule has 2 N–H and O–H groups in total. The van der Waals surface area contributed by atoms with Crippen molar-refractivity contribution in [1.29, 1.82) is 0 Å². The quantitative estimate of drug-likeness (QED) is 0.734. The molecule has 2 heterocycles. The van der Waals surface area contributed by atoms with Crippen molar-refractivity contribution in [3.05, 3.63) is 66.4 Å². The first-order valence-electron chi connectivity index (χ1n) is 7.25. The highest BCUT2D eigenvalue weighted by atomic mass is 16.5. The van der Waals surface area contributed by atoms with Crippen molar-refractivity contribution in [2.45, 2.75) is 13.5 Å². The summed E-state index contributed by atoms with van der Waals surface area (Å²) >= 11 is 0. The van der Waals surface area contributed by atoms with Crippen LogP contribution in [0.25, 0.3) is 22.7 Å². The van der Waals surface area contributed by atoms with Crippen LogP contribution in [-0.4, -0.2) is 15.6 Å². The summed E-state index contributed by atoms with van der Waals surface area (Å²) in [6.45, 7) is 6.17. The first-order chi connectivity index (χ1) is 11.1. The van der Waals surface area contributed by atoms with Gasteiger partial charge in [-0.25, -0.2) is 0 Å². The third-order valence-electron chi connectivity index (χ3n) is 3.77. The molecular weight excluding hydrogens is 290 g/mol. The van der Waals surface area contributed by atoms with Crippen LogP contribution < -0.4 is 5.73 Å². The zero-order valence-electron chi connectivity index (χ0n) is 12.8. The Bertz CT molecular complexity index is 860. The minimum atomic E-state index is -0.460. The molecule has 0 unspecified atom stereocenters. The molecule has 0 saturated heterocycles. The molecule has 0 aliphatic carbocycles. The van der Waals surface area contributed by atoms with Crippen LogP contribution in [0.1, 0.15) is 16.1 Å². The van der Waals surface area contributed by atoms with Gasteiger partial charge in [0, 0.05) is 23.9 Å². The number of allylic oxidation sites excluding steroid dienone is 1. The topological polar surface area (TPSA) is 74.1 Å². The average molecular weight is 307 g/mol. The van der Waals surface area contributed by atoms with Crippen LogP contribution in [0.15, 0.2) is 59.6 Å². The van der Waals surface area contributed by atoms with Crippen molar-refractivity contribution < 1.29 is 9.32 Å². The molecule has 5 nitrogen and oxygen atoms in total. The monoisotopic (exact) mass is 307 g/mol. The number of nitrogens with two attached hydrogens (primary N) is 1. The van der Waals surface area contributed by atoms with Crippen LogP contribution in [0.5, 0.6) is 0 Å². The van der Waals surface area contributed by atoms with E-state index in [2.05, 4.69) is 11.7 Å². The lowest BCUT2D eigenvalue weighted by molar-refractivity contribution is 0.0999.